The summed E-state index contributed by atoms with van der Waals surface area (Å²) in [5.41, 5.74) is -9.30. The number of hydrogen-bond acceptors (Lipinski definition) is 27. The summed E-state index contributed by atoms with van der Waals surface area (Å²) >= 11 is 0. The number of phenols is 12. The number of aromatic hydroxyl groups is 12. The Labute approximate surface area is 373 Å². The fourth-order valence-corrected chi connectivity index (χ4v) is 7.80. The molecule has 354 valence electrons. The topological polar surface area (TPSA) is 458 Å². The van der Waals surface area contributed by atoms with Crippen LogP contribution in [0.1, 0.15) is 52.9 Å². The molecule has 1 aliphatic carbocycles. The van der Waals surface area contributed by atoms with Crippen molar-refractivity contribution < 1.29 is 133 Å². The molecule has 68 heavy (non-hydrogen) atoms. The van der Waals surface area contributed by atoms with Gasteiger partial charge in [0.2, 0.25) is 41.2 Å². The van der Waals surface area contributed by atoms with Crippen LogP contribution in [0.2, 0.25) is 0 Å². The van der Waals surface area contributed by atoms with Crippen molar-refractivity contribution in [2.45, 2.75) is 42.4 Å². The summed E-state index contributed by atoms with van der Waals surface area (Å²) in [6.07, 6.45) is -12.6. The maximum atomic E-state index is 14.6. The van der Waals surface area contributed by atoms with Gasteiger partial charge in [-0.2, -0.15) is 0 Å². The van der Waals surface area contributed by atoms with E-state index in [1.54, 1.807) is 0 Å². The lowest BCUT2D eigenvalue weighted by atomic mass is 9.74. The summed E-state index contributed by atoms with van der Waals surface area (Å²) in [5.74, 6) is -36.5. The zero-order valence-corrected chi connectivity index (χ0v) is 33.2. The molecule has 0 unspecified atom stereocenters. The number of aliphatic hydroxyl groups is 2. The number of rotatable bonds is 2. The molecule has 0 aromatic heterocycles. The molecule has 3 aliphatic heterocycles. The summed E-state index contributed by atoms with van der Waals surface area (Å²) in [5, 5.41) is 149. The number of cyclic esters (lactones) is 1. The molecule has 0 radical (unpaired) electrons. The number of fused-ring (bicyclic) bond motifs is 6. The number of carbonyl (C=O) groups excluding carboxylic acids is 7. The van der Waals surface area contributed by atoms with E-state index in [0.29, 0.717) is 30.3 Å². The minimum absolute atomic E-state index is 0.112. The molecule has 1 saturated heterocycles. The van der Waals surface area contributed by atoms with Crippen molar-refractivity contribution in [2.75, 3.05) is 6.61 Å². The summed E-state index contributed by atoms with van der Waals surface area (Å²) in [7, 11) is 0. The lowest BCUT2D eigenvalue weighted by Crippen LogP contribution is -2.63. The van der Waals surface area contributed by atoms with Crippen LogP contribution >= 0.6 is 0 Å². The van der Waals surface area contributed by atoms with Crippen LogP contribution in [0, 0.1) is 0 Å². The van der Waals surface area contributed by atoms with Gasteiger partial charge < -0.3 is 99.9 Å². The number of carbonyl (C=O) groups is 7. The first-order valence-corrected chi connectivity index (χ1v) is 18.9. The van der Waals surface area contributed by atoms with Gasteiger partial charge in [-0.25, -0.2) is 24.0 Å². The molecule has 1 fully saturated rings. The maximum Gasteiger partial charge on any atom is 0.340 e. The molecule has 27 nitrogen and oxygen atoms in total. The maximum absolute atomic E-state index is 14.6. The van der Waals surface area contributed by atoms with Crippen molar-refractivity contribution in [3.63, 3.8) is 0 Å². The van der Waals surface area contributed by atoms with Crippen LogP contribution in [0.25, 0.3) is 11.1 Å². The first kappa shape index (κ1) is 45.4. The largest absolute Gasteiger partial charge is 0.504 e. The summed E-state index contributed by atoms with van der Waals surface area (Å²) in [6, 6.07) is 2.11. The highest BCUT2D eigenvalue weighted by atomic mass is 16.7. The zero-order valence-electron chi connectivity index (χ0n) is 33.2. The molecule has 14 N–H and O–H groups in total. The van der Waals surface area contributed by atoms with E-state index in [1.165, 1.54) is 0 Å². The van der Waals surface area contributed by atoms with Crippen LogP contribution in [-0.2, 0) is 42.8 Å². The number of Topliss-reactive ketones (excluding diaryl/α,β-unsaturated/α-hetero) is 1. The second-order valence-electron chi connectivity index (χ2n) is 15.1. The van der Waals surface area contributed by atoms with Crippen molar-refractivity contribution in [3.05, 3.63) is 69.8 Å². The normalized spacial score (nSPS) is 23.2. The van der Waals surface area contributed by atoms with E-state index in [1.807, 2.05) is 0 Å². The first-order chi connectivity index (χ1) is 31.8. The predicted octanol–water partition coefficient (Wildman–Crippen LogP) is -0.908. The van der Waals surface area contributed by atoms with Crippen molar-refractivity contribution in [1.82, 2.24) is 0 Å². The summed E-state index contributed by atoms with van der Waals surface area (Å²) in [4.78, 5) is 97.0. The van der Waals surface area contributed by atoms with E-state index in [4.69, 9.17) is 28.4 Å². The van der Waals surface area contributed by atoms with E-state index < -0.39 is 204 Å². The molecule has 8 rings (SSSR count). The quantitative estimate of drug-likeness (QED) is 0.0380. The Bertz CT molecular complexity index is 3000. The van der Waals surface area contributed by atoms with Gasteiger partial charge in [-0.15, -0.1) is 0 Å². The van der Waals surface area contributed by atoms with Crippen molar-refractivity contribution in [1.29, 1.82) is 0 Å². The van der Waals surface area contributed by atoms with E-state index in [2.05, 4.69) is 0 Å². The fourth-order valence-electron chi connectivity index (χ4n) is 7.80. The van der Waals surface area contributed by atoms with Gasteiger partial charge in [-0.05, 0) is 30.3 Å². The van der Waals surface area contributed by atoms with Crippen molar-refractivity contribution >= 4 is 41.4 Å². The average molecular weight is 953 g/mol. The third-order valence-corrected chi connectivity index (χ3v) is 11.0. The van der Waals surface area contributed by atoms with Gasteiger partial charge >= 0.3 is 29.8 Å². The molecule has 0 saturated carbocycles. The number of ether oxygens (including phenoxy) is 6. The highest BCUT2D eigenvalue weighted by Gasteiger charge is 2.59. The lowest BCUT2D eigenvalue weighted by Gasteiger charge is -2.44. The number of allylic oxidation sites excluding steroid dienone is 1. The minimum atomic E-state index is -4.15. The molecule has 27 heteroatoms. The van der Waals surface area contributed by atoms with Gasteiger partial charge in [-0.3, -0.25) is 9.59 Å². The van der Waals surface area contributed by atoms with E-state index >= 15 is 0 Å². The predicted molar refractivity (Wildman–Crippen MR) is 205 cm³/mol. The second-order valence-corrected chi connectivity index (χ2v) is 15.1. The smallest absolute Gasteiger partial charge is 0.340 e. The average Bonchev–Trinajstić information content (AvgIpc) is 3.28. The van der Waals surface area contributed by atoms with E-state index in [9.17, 15) is 105 Å². The van der Waals surface area contributed by atoms with Crippen LogP contribution in [0.4, 0.5) is 0 Å². The summed E-state index contributed by atoms with van der Waals surface area (Å²) in [6.45, 7) is -1.34. The minimum Gasteiger partial charge on any atom is -0.504 e. The monoisotopic (exact) mass is 952 g/mol. The second kappa shape index (κ2) is 15.7. The number of benzene rings is 4. The Morgan fingerprint density at radius 3 is 1.59 bits per heavy atom. The van der Waals surface area contributed by atoms with Crippen LogP contribution in [0.15, 0.2) is 42.0 Å². The van der Waals surface area contributed by atoms with Crippen LogP contribution < -0.4 is 0 Å². The molecule has 4 aromatic carbocycles. The van der Waals surface area contributed by atoms with Gasteiger partial charge in [0.05, 0.1) is 33.7 Å². The lowest BCUT2D eigenvalue weighted by molar-refractivity contribution is -0.287. The Hall–Kier alpha value is -9.21. The van der Waals surface area contributed by atoms with Crippen LogP contribution in [0.3, 0.4) is 0 Å². The first-order valence-electron chi connectivity index (χ1n) is 18.9. The molecule has 4 aromatic rings. The SMILES string of the molecule is O=C1C=C2C(=O)O[C@H]3[C@H](OC(=O)c4cc(O)c(O)c(O)c4)O[C@@H]4COC(=O)c5cc(O)c(O)c(O)c5-c5c(cc(O)c(O)c5O)C(=O)O[C@H]3[C@@H]4OC(=O)c3cc(O)c(O)c(O)c3[C@@H]2C(O)(O)C1=O. The third kappa shape index (κ3) is 6.92. The molecule has 4 bridgehead atoms. The highest BCUT2D eigenvalue weighted by Crippen LogP contribution is 2.54. The third-order valence-electron chi connectivity index (χ3n) is 11.0. The molecule has 0 spiro atoms. The molecule has 6 atom stereocenters. The summed E-state index contributed by atoms with van der Waals surface area (Å²) < 4.78 is 33.5. The molecular formula is C41H28O27. The number of hydrogen-bond donors (Lipinski definition) is 14. The van der Waals surface area contributed by atoms with Crippen LogP contribution in [0.5, 0.6) is 69.0 Å². The van der Waals surface area contributed by atoms with Crippen molar-refractivity contribution in [2.24, 2.45) is 0 Å². The van der Waals surface area contributed by atoms with Gasteiger partial charge in [0.25, 0.3) is 5.78 Å². The number of ketones is 2. The van der Waals surface area contributed by atoms with Crippen LogP contribution in [-0.4, -0.2) is 156 Å². The van der Waals surface area contributed by atoms with E-state index in [-0.39, 0.29) is 6.08 Å². The highest BCUT2D eigenvalue weighted by molar-refractivity contribution is 6.46. The molecule has 4 aliphatic rings. The Kier molecular flexibility index (Phi) is 10.5. The molecular weight excluding hydrogens is 924 g/mol. The molecule has 3 heterocycles. The van der Waals surface area contributed by atoms with Crippen molar-refractivity contribution in [3.8, 4) is 80.1 Å². The van der Waals surface area contributed by atoms with Gasteiger partial charge in [0.1, 0.15) is 12.7 Å². The Morgan fingerprint density at radius 2 is 1.01 bits per heavy atom. The number of phenolic OH excluding ortho intramolecular Hbond substituents is 12. The Balaban J connectivity index is 1.40. The number of esters is 5. The van der Waals surface area contributed by atoms with E-state index in [0.717, 1.165) is 0 Å². The Morgan fingerprint density at radius 1 is 0.544 bits per heavy atom. The standard InChI is InChI=1S/C41H28O27/c42-13-1-8(2-14(43)24(13)48)35(56)68-40-33-32-31(65-38(59)11-5-17(46)27(51)30(54)22(11)23-12(39(60)67-33)6-18(47)34(55)41(23,61)62)19(64-40)7-63-36(57)9-3-15(44)25(49)28(52)20(9)21-10(37(58)66-32)4-16(45)26(50)29(21)53/h1-6,19,23,31-33,40,42-46,48-54,61-62H,7H2/t19-,23-,31-,32+,33-,40+/m1/s1. The molecule has 0 amide bonds. The zero-order chi connectivity index (χ0) is 49.7. The van der Waals surface area contributed by atoms with Gasteiger partial charge in [-0.1, -0.05) is 0 Å². The van der Waals surface area contributed by atoms with Gasteiger partial charge in [0.15, 0.2) is 64.0 Å². The fraction of sp³-hybridized carbons (Fsp3) is 0.195. The van der Waals surface area contributed by atoms with Gasteiger partial charge in [0, 0.05) is 22.8 Å².